The Balaban J connectivity index is 1.83. The molecule has 110 valence electrons. The van der Waals surface area contributed by atoms with Crippen molar-refractivity contribution in [1.29, 1.82) is 0 Å². The molecule has 1 fully saturated rings. The number of nitrogens with zero attached hydrogens (tertiary/aromatic N) is 2. The minimum atomic E-state index is -0.345. The lowest BCUT2D eigenvalue weighted by Crippen LogP contribution is -2.39. The smallest absolute Gasteiger partial charge is 0.330 e. The van der Waals surface area contributed by atoms with E-state index in [0.29, 0.717) is 31.1 Å². The van der Waals surface area contributed by atoms with Crippen molar-refractivity contribution >= 4 is 5.91 Å². The molecule has 2 rings (SSSR count). The number of hydrogen-bond donors (Lipinski definition) is 2. The average Bonchev–Trinajstić information content (AvgIpc) is 3.21. The van der Waals surface area contributed by atoms with Gasteiger partial charge in [-0.05, 0) is 12.8 Å². The van der Waals surface area contributed by atoms with Gasteiger partial charge in [-0.1, -0.05) is 0 Å². The van der Waals surface area contributed by atoms with Gasteiger partial charge in [-0.3, -0.25) is 14.2 Å². The van der Waals surface area contributed by atoms with Gasteiger partial charge in [0.1, 0.15) is 0 Å². The monoisotopic (exact) mass is 280 g/mol. The number of amides is 1. The first-order valence-electron chi connectivity index (χ1n) is 6.74. The number of aryl methyl sites for hydroxylation is 1. The van der Waals surface area contributed by atoms with Crippen molar-refractivity contribution in [2.24, 2.45) is 14.1 Å². The van der Waals surface area contributed by atoms with E-state index in [-0.39, 0.29) is 17.2 Å². The number of hydrogen-bond acceptors (Lipinski definition) is 4. The number of carbonyl (C=O) groups is 1. The predicted octanol–water partition coefficient (Wildman–Crippen LogP) is -1.16. The zero-order chi connectivity index (χ0) is 14.7. The molecule has 0 aromatic carbocycles. The third kappa shape index (κ3) is 3.57. The van der Waals surface area contributed by atoms with E-state index in [4.69, 9.17) is 0 Å². The van der Waals surface area contributed by atoms with Gasteiger partial charge in [-0.25, -0.2) is 4.79 Å². The minimum Gasteiger partial charge on any atom is -0.353 e. The number of rotatable bonds is 6. The fraction of sp³-hybridized carbons (Fsp3) is 0.615. The topological polar surface area (TPSA) is 85.1 Å². The molecule has 0 spiro atoms. The van der Waals surface area contributed by atoms with Gasteiger partial charge in [-0.15, -0.1) is 0 Å². The molecular weight excluding hydrogens is 260 g/mol. The van der Waals surface area contributed by atoms with Crippen molar-refractivity contribution in [2.45, 2.75) is 31.8 Å². The van der Waals surface area contributed by atoms with Crippen LogP contribution in [-0.4, -0.2) is 27.6 Å². The lowest BCUT2D eigenvalue weighted by atomic mass is 10.3. The molecule has 1 heterocycles. The molecule has 2 N–H and O–H groups in total. The van der Waals surface area contributed by atoms with Crippen molar-refractivity contribution in [1.82, 2.24) is 19.8 Å². The van der Waals surface area contributed by atoms with Crippen LogP contribution in [0.4, 0.5) is 0 Å². The summed E-state index contributed by atoms with van der Waals surface area (Å²) in [5.74, 6) is 0.0355. The summed E-state index contributed by atoms with van der Waals surface area (Å²) in [5.41, 5.74) is -0.136. The summed E-state index contributed by atoms with van der Waals surface area (Å²) >= 11 is 0. The normalized spacial score (nSPS) is 14.3. The van der Waals surface area contributed by atoms with E-state index in [1.54, 1.807) is 7.05 Å². The van der Waals surface area contributed by atoms with Gasteiger partial charge in [0.15, 0.2) is 0 Å². The van der Waals surface area contributed by atoms with Gasteiger partial charge in [0.2, 0.25) is 5.91 Å². The quantitative estimate of drug-likeness (QED) is 0.644. The minimum absolute atomic E-state index is 0.0355. The Kier molecular flexibility index (Phi) is 4.39. The van der Waals surface area contributed by atoms with E-state index in [9.17, 15) is 14.4 Å². The molecule has 1 aromatic heterocycles. The highest BCUT2D eigenvalue weighted by atomic mass is 16.2. The van der Waals surface area contributed by atoms with E-state index >= 15 is 0 Å². The maximum atomic E-state index is 11.9. The number of carbonyl (C=O) groups excluding carboxylic acids is 1. The van der Waals surface area contributed by atoms with E-state index in [2.05, 4.69) is 10.6 Å². The van der Waals surface area contributed by atoms with E-state index in [1.165, 1.54) is 17.8 Å². The van der Waals surface area contributed by atoms with Crippen LogP contribution in [0.15, 0.2) is 15.8 Å². The van der Waals surface area contributed by atoms with Crippen LogP contribution in [0.2, 0.25) is 0 Å². The summed E-state index contributed by atoms with van der Waals surface area (Å²) in [7, 11) is 3.06. The largest absolute Gasteiger partial charge is 0.353 e. The molecule has 1 aliphatic carbocycles. The Morgan fingerprint density at radius 3 is 2.70 bits per heavy atom. The summed E-state index contributed by atoms with van der Waals surface area (Å²) in [6, 6.07) is 0.374. The molecule has 1 amide bonds. The summed E-state index contributed by atoms with van der Waals surface area (Å²) in [5, 5.41) is 5.95. The Labute approximate surface area is 116 Å². The van der Waals surface area contributed by atoms with Gasteiger partial charge >= 0.3 is 5.69 Å². The maximum absolute atomic E-state index is 11.9. The lowest BCUT2D eigenvalue weighted by molar-refractivity contribution is -0.121. The molecule has 7 nitrogen and oxygen atoms in total. The summed E-state index contributed by atoms with van der Waals surface area (Å²) in [6.07, 6.45) is 4.07. The molecule has 20 heavy (non-hydrogen) atoms. The van der Waals surface area contributed by atoms with E-state index < -0.39 is 0 Å². The fourth-order valence-electron chi connectivity index (χ4n) is 1.96. The average molecular weight is 280 g/mol. The van der Waals surface area contributed by atoms with Crippen LogP contribution in [-0.2, 0) is 25.4 Å². The second kappa shape index (κ2) is 6.04. The Morgan fingerprint density at radius 1 is 1.35 bits per heavy atom. The molecule has 1 aromatic rings. The van der Waals surface area contributed by atoms with Crippen LogP contribution in [0.25, 0.3) is 0 Å². The molecule has 0 unspecified atom stereocenters. The van der Waals surface area contributed by atoms with Crippen molar-refractivity contribution < 1.29 is 4.79 Å². The van der Waals surface area contributed by atoms with Crippen LogP contribution in [0, 0.1) is 0 Å². The predicted molar refractivity (Wildman–Crippen MR) is 74.4 cm³/mol. The van der Waals surface area contributed by atoms with Gasteiger partial charge in [0, 0.05) is 51.4 Å². The van der Waals surface area contributed by atoms with Gasteiger partial charge in [0.25, 0.3) is 5.56 Å². The first kappa shape index (κ1) is 14.5. The van der Waals surface area contributed by atoms with Crippen molar-refractivity contribution in [3.8, 4) is 0 Å². The SMILES string of the molecule is Cn1cc(CNCCC(=O)NC2CC2)c(=O)n(C)c1=O. The van der Waals surface area contributed by atoms with E-state index in [0.717, 1.165) is 17.4 Å². The highest BCUT2D eigenvalue weighted by Crippen LogP contribution is 2.18. The molecule has 0 aliphatic heterocycles. The Hall–Kier alpha value is -1.89. The highest BCUT2D eigenvalue weighted by molar-refractivity contribution is 5.76. The fourth-order valence-corrected chi connectivity index (χ4v) is 1.96. The van der Waals surface area contributed by atoms with Gasteiger partial charge in [-0.2, -0.15) is 0 Å². The zero-order valence-electron chi connectivity index (χ0n) is 11.8. The van der Waals surface area contributed by atoms with Gasteiger partial charge in [0.05, 0.1) is 0 Å². The summed E-state index contributed by atoms with van der Waals surface area (Å²) in [4.78, 5) is 34.8. The van der Waals surface area contributed by atoms with E-state index in [1.807, 2.05) is 0 Å². The number of nitrogens with one attached hydrogen (secondary N) is 2. The summed E-state index contributed by atoms with van der Waals surface area (Å²) in [6.45, 7) is 0.849. The van der Waals surface area contributed by atoms with Crippen LogP contribution >= 0.6 is 0 Å². The third-order valence-corrected chi connectivity index (χ3v) is 3.30. The number of aromatic nitrogens is 2. The third-order valence-electron chi connectivity index (χ3n) is 3.30. The molecule has 0 saturated heterocycles. The Morgan fingerprint density at radius 2 is 2.05 bits per heavy atom. The standard InChI is InChI=1S/C13H20N4O3/c1-16-8-9(12(19)17(2)13(16)20)7-14-6-5-11(18)15-10-3-4-10/h8,10,14H,3-7H2,1-2H3,(H,15,18). The first-order chi connectivity index (χ1) is 9.49. The van der Waals surface area contributed by atoms with Crippen LogP contribution in [0.3, 0.4) is 0 Å². The molecule has 1 aliphatic rings. The molecule has 7 heteroatoms. The first-order valence-corrected chi connectivity index (χ1v) is 6.74. The van der Waals surface area contributed by atoms with Crippen LogP contribution in [0.1, 0.15) is 24.8 Å². The van der Waals surface area contributed by atoms with Crippen LogP contribution < -0.4 is 21.9 Å². The zero-order valence-corrected chi connectivity index (χ0v) is 11.8. The summed E-state index contributed by atoms with van der Waals surface area (Å²) < 4.78 is 2.45. The van der Waals surface area contributed by atoms with Gasteiger partial charge < -0.3 is 15.2 Å². The highest BCUT2D eigenvalue weighted by Gasteiger charge is 2.22. The molecule has 0 atom stereocenters. The molecule has 1 saturated carbocycles. The second-order valence-corrected chi connectivity index (χ2v) is 5.18. The molecular formula is C13H20N4O3. The molecule has 0 bridgehead atoms. The maximum Gasteiger partial charge on any atom is 0.330 e. The van der Waals surface area contributed by atoms with Crippen molar-refractivity contribution in [3.05, 3.63) is 32.6 Å². The van der Waals surface area contributed by atoms with Crippen LogP contribution in [0.5, 0.6) is 0 Å². The van der Waals surface area contributed by atoms with Crippen molar-refractivity contribution in [2.75, 3.05) is 6.54 Å². The Bertz CT molecular complexity index is 613. The molecule has 0 radical (unpaired) electrons. The van der Waals surface area contributed by atoms with Crippen molar-refractivity contribution in [3.63, 3.8) is 0 Å². The lowest BCUT2D eigenvalue weighted by Gasteiger charge is -2.08. The second-order valence-electron chi connectivity index (χ2n) is 5.18.